The molecule has 30 heteroatoms. The van der Waals surface area contributed by atoms with E-state index in [0.717, 1.165) is 42.5 Å². The highest BCUT2D eigenvalue weighted by Crippen LogP contribution is 2.32. The summed E-state index contributed by atoms with van der Waals surface area (Å²) in [5.74, 6) is -2.47. The first-order valence-corrected chi connectivity index (χ1v) is 24.6. The molecule has 0 aliphatic heterocycles. The van der Waals surface area contributed by atoms with Gasteiger partial charge in [0.2, 0.25) is 23.0 Å². The van der Waals surface area contributed by atoms with Gasteiger partial charge in [-0.05, 0) is 90.0 Å². The largest absolute Gasteiger partial charge is 0.397 e. The lowest BCUT2D eigenvalue weighted by Crippen LogP contribution is -2.27. The van der Waals surface area contributed by atoms with Crippen LogP contribution in [0.2, 0.25) is 5.28 Å². The second-order valence-corrected chi connectivity index (χ2v) is 20.3. The van der Waals surface area contributed by atoms with Gasteiger partial charge in [-0.15, -0.1) is 0 Å². The fraction of sp³-hybridized carbons (Fsp3) is 0.0606. The smallest absolute Gasteiger partial charge is 0.355 e. The minimum Gasteiger partial charge on any atom is -0.355 e. The van der Waals surface area contributed by atoms with Crippen LogP contribution in [-0.4, -0.2) is 99.1 Å². The van der Waals surface area contributed by atoms with Crippen LogP contribution in [0.15, 0.2) is 110 Å². The minimum absolute atomic E-state index is 0.000104. The Morgan fingerprint density at radius 3 is 1.81 bits per heavy atom. The summed E-state index contributed by atoms with van der Waals surface area (Å²) in [4.78, 5) is 23.2. The Kier molecular flexibility index (Phi) is 13.0. The van der Waals surface area contributed by atoms with Crippen LogP contribution >= 0.6 is 11.6 Å². The lowest BCUT2D eigenvalue weighted by atomic mass is 9.94. The van der Waals surface area contributed by atoms with E-state index >= 15 is 0 Å². The number of nitrogens with one attached hydrogen (secondary N) is 4. The number of sulfone groups is 1. The highest BCUT2D eigenvalue weighted by Gasteiger charge is 2.33. The van der Waals surface area contributed by atoms with Crippen molar-refractivity contribution in [2.24, 2.45) is 5.10 Å². The zero-order valence-corrected chi connectivity index (χ0v) is 35.8. The van der Waals surface area contributed by atoms with Crippen LogP contribution in [0.1, 0.15) is 15.9 Å². The maximum atomic E-state index is 13.8. The van der Waals surface area contributed by atoms with Crippen LogP contribution in [0.25, 0.3) is 6.08 Å². The molecule has 0 bridgehead atoms. The van der Waals surface area contributed by atoms with Gasteiger partial charge in [-0.2, -0.15) is 53.7 Å². The fourth-order valence-electron chi connectivity index (χ4n) is 5.50. The first kappa shape index (κ1) is 46.5. The van der Waals surface area contributed by atoms with E-state index in [1.807, 2.05) is 0 Å². The van der Waals surface area contributed by atoms with Crippen molar-refractivity contribution in [2.75, 3.05) is 33.7 Å². The third-order valence-electron chi connectivity index (χ3n) is 8.17. The Balaban J connectivity index is 1.27. The predicted molar refractivity (Wildman–Crippen MR) is 225 cm³/mol. The van der Waals surface area contributed by atoms with E-state index in [0.29, 0.717) is 0 Å². The Bertz CT molecular complexity index is 3330. The zero-order valence-electron chi connectivity index (χ0n) is 31.0. The number of aromatic nitrogens is 3. The molecule has 0 saturated carbocycles. The maximum Gasteiger partial charge on any atom is 0.397 e. The molecule has 0 amide bonds. The molecule has 0 saturated heterocycles. The number of ketones is 1. The molecule has 4 aromatic carbocycles. The molecule has 1 heterocycles. The lowest BCUT2D eigenvalue weighted by Gasteiger charge is -2.18. The minimum atomic E-state index is -5.18. The monoisotopic (exact) mass is 986 g/mol. The van der Waals surface area contributed by atoms with Crippen molar-refractivity contribution in [2.45, 2.75) is 14.7 Å². The average Bonchev–Trinajstić information content (AvgIpc) is 3.16. The Hall–Kier alpha value is -5.99. The number of halogens is 1. The van der Waals surface area contributed by atoms with E-state index in [-0.39, 0.29) is 50.7 Å². The normalized spacial score (nSPS) is 14.1. The van der Waals surface area contributed by atoms with Gasteiger partial charge in [0.25, 0.3) is 30.4 Å². The summed E-state index contributed by atoms with van der Waals surface area (Å²) >= 11 is 6.10. The second-order valence-electron chi connectivity index (χ2n) is 12.6. The number of anilines is 7. The van der Waals surface area contributed by atoms with Crippen LogP contribution in [0.3, 0.4) is 0 Å². The topological polar surface area (TPSA) is 377 Å². The van der Waals surface area contributed by atoms with Crippen molar-refractivity contribution in [1.82, 2.24) is 15.0 Å². The first-order valence-electron chi connectivity index (χ1n) is 16.8. The number of rotatable bonds is 16. The summed E-state index contributed by atoms with van der Waals surface area (Å²) in [5.41, 5.74) is 0.958. The molecular formula is C33H27ClN8O16S5. The van der Waals surface area contributed by atoms with E-state index in [2.05, 4.69) is 45.6 Å². The molecule has 0 atom stereocenters. The predicted octanol–water partition coefficient (Wildman–Crippen LogP) is 3.74. The Morgan fingerprint density at radius 1 is 0.635 bits per heavy atom. The molecule has 63 heavy (non-hydrogen) atoms. The van der Waals surface area contributed by atoms with Crippen molar-refractivity contribution in [3.05, 3.63) is 106 Å². The molecule has 0 unspecified atom stereocenters. The van der Waals surface area contributed by atoms with Gasteiger partial charge < -0.3 is 16.0 Å². The molecule has 0 radical (unpaired) electrons. The number of nitrogens with zero attached hydrogens (tertiary/aromatic N) is 4. The van der Waals surface area contributed by atoms with E-state index in [1.54, 1.807) is 0 Å². The summed E-state index contributed by atoms with van der Waals surface area (Å²) in [6.07, 6.45) is 0.908. The number of benzene rings is 4. The van der Waals surface area contributed by atoms with Gasteiger partial charge in [0.15, 0.2) is 15.5 Å². The summed E-state index contributed by atoms with van der Waals surface area (Å²) in [6.45, 7) is -0.871. The van der Waals surface area contributed by atoms with Crippen LogP contribution in [0.5, 0.6) is 0 Å². The Morgan fingerprint density at radius 2 is 1.21 bits per heavy atom. The van der Waals surface area contributed by atoms with Crippen molar-refractivity contribution in [1.29, 1.82) is 0 Å². The van der Waals surface area contributed by atoms with Gasteiger partial charge in [-0.25, -0.2) is 12.6 Å². The second kappa shape index (κ2) is 17.6. The number of Topliss-reactive ketones (excluding diaryl/α,β-unsaturated/α-hetero) is 1. The van der Waals surface area contributed by atoms with Crippen LogP contribution in [-0.2, 0) is 54.8 Å². The highest BCUT2D eigenvalue weighted by atomic mass is 35.5. The van der Waals surface area contributed by atoms with Crippen molar-refractivity contribution in [3.63, 3.8) is 0 Å². The number of hydrogen-bond donors (Lipinski definition) is 8. The number of hydrogen-bond acceptors (Lipinski definition) is 20. The number of hydrazone groups is 1. The van der Waals surface area contributed by atoms with Gasteiger partial charge in [0.05, 0.1) is 27.8 Å². The van der Waals surface area contributed by atoms with Crippen molar-refractivity contribution < 1.29 is 69.3 Å². The molecule has 332 valence electrons. The molecule has 0 fully saturated rings. The maximum absolute atomic E-state index is 13.8. The van der Waals surface area contributed by atoms with Gasteiger partial charge in [0, 0.05) is 28.3 Å². The van der Waals surface area contributed by atoms with E-state index in [4.69, 9.17) is 16.2 Å². The van der Waals surface area contributed by atoms with Gasteiger partial charge in [0.1, 0.15) is 9.80 Å². The third kappa shape index (κ3) is 11.9. The SMILES string of the molecule is O=C1/C(=N\Nc2cc(Nc3nc(Cl)nc(Nc4cccc(S(=O)(=O)CCOS(=O)(=O)O)c4)n3)ccc2S(=O)(=O)O)C(S(=O)(=O)O)=Cc2ccc(Nc3cccc(S(=O)(=O)O)c3)cc21. The quantitative estimate of drug-likeness (QED) is 0.0515. The molecule has 8 N–H and O–H groups in total. The molecule has 5 aromatic rings. The van der Waals surface area contributed by atoms with Crippen molar-refractivity contribution in [3.8, 4) is 0 Å². The van der Waals surface area contributed by atoms with Crippen LogP contribution < -0.4 is 21.4 Å². The van der Waals surface area contributed by atoms with Gasteiger partial charge in [-0.3, -0.25) is 28.4 Å². The lowest BCUT2D eigenvalue weighted by molar-refractivity contribution is 0.106. The number of fused-ring (bicyclic) bond motifs is 1. The molecule has 1 aromatic heterocycles. The highest BCUT2D eigenvalue weighted by molar-refractivity contribution is 7.91. The van der Waals surface area contributed by atoms with Gasteiger partial charge in [-0.1, -0.05) is 18.2 Å². The number of carbonyl (C=O) groups excluding carboxylic acids is 1. The summed E-state index contributed by atoms with van der Waals surface area (Å²) < 4.78 is 162. The van der Waals surface area contributed by atoms with Crippen LogP contribution in [0.4, 0.5) is 40.3 Å². The van der Waals surface area contributed by atoms with E-state index < -0.39 is 100 Å². The summed E-state index contributed by atoms with van der Waals surface area (Å²) in [6, 6.07) is 17.0. The number of carbonyl (C=O) groups is 1. The van der Waals surface area contributed by atoms with Crippen LogP contribution in [0, 0.1) is 0 Å². The van der Waals surface area contributed by atoms with Gasteiger partial charge >= 0.3 is 10.4 Å². The third-order valence-corrected chi connectivity index (χ3v) is 13.1. The summed E-state index contributed by atoms with van der Waals surface area (Å²) in [5, 5.41) is 11.6. The van der Waals surface area contributed by atoms with E-state index in [1.165, 1.54) is 48.5 Å². The zero-order chi connectivity index (χ0) is 46.1. The molecule has 1 aliphatic carbocycles. The van der Waals surface area contributed by atoms with Crippen molar-refractivity contribution >= 4 is 120 Å². The average molecular weight is 987 g/mol. The first-order chi connectivity index (χ1) is 29.2. The standard InChI is InChI=1S/C33H27ClN8O16S5/c34-31-38-32(36-20-4-1-5-23(14-20)59(44,45)12-11-58-63(55,56)57)40-33(39-31)37-22-9-10-27(61(49,50)51)26(17-22)41-42-29-28(62(52,53)54)13-18-7-8-21(16-25(18)30(29)43)35-19-3-2-6-24(15-19)60(46,47)48/h1-10,13-17,35,41H,11-12H2,(H,46,47,48)(H,49,50,51)(H,52,53,54)(H,55,56,57)(H2,36,37,38,39,40)/b42-29-. The molecule has 0 spiro atoms. The molecule has 1 aliphatic rings. The summed E-state index contributed by atoms with van der Waals surface area (Å²) in [7, 11) is -23.8. The fourth-order valence-corrected chi connectivity index (χ4v) is 9.00. The van der Waals surface area contributed by atoms with E-state index in [9.17, 15) is 60.5 Å². The Labute approximate surface area is 362 Å². The molecule has 24 nitrogen and oxygen atoms in total. The molecular weight excluding hydrogens is 960 g/mol. The molecule has 6 rings (SSSR count). The number of allylic oxidation sites excluding steroid dienone is 1.